The maximum absolute atomic E-state index is 12.0. The molecule has 0 unspecified atom stereocenters. The number of amides is 1. The van der Waals surface area contributed by atoms with Gasteiger partial charge in [0.2, 0.25) is 0 Å². The summed E-state index contributed by atoms with van der Waals surface area (Å²) in [5.74, 6) is -1.91. The Kier molecular flexibility index (Phi) is 7.97. The number of carbonyl (C=O) groups is 2. The highest BCUT2D eigenvalue weighted by Gasteiger charge is 2.06. The summed E-state index contributed by atoms with van der Waals surface area (Å²) in [6, 6.07) is 12.9. The van der Waals surface area contributed by atoms with Crippen molar-refractivity contribution in [2.45, 2.75) is 7.43 Å². The minimum Gasteiger partial charge on any atom is -0.478 e. The second-order valence-corrected chi connectivity index (χ2v) is 6.71. The summed E-state index contributed by atoms with van der Waals surface area (Å²) in [5, 5.41) is 10.6. The third-order valence-electron chi connectivity index (χ3n) is 2.35. The third-order valence-corrected chi connectivity index (χ3v) is 3.69. The minimum atomic E-state index is -3.01. The lowest BCUT2D eigenvalue weighted by molar-refractivity contribution is 0.0696. The van der Waals surface area contributed by atoms with Crippen LogP contribution in [0.15, 0.2) is 48.5 Å². The molecule has 0 fully saturated rings. The summed E-state index contributed by atoms with van der Waals surface area (Å²) in [4.78, 5) is 22.3. The van der Waals surface area contributed by atoms with Gasteiger partial charge in [-0.25, -0.2) is 4.79 Å². The van der Waals surface area contributed by atoms with E-state index >= 15 is 0 Å². The van der Waals surface area contributed by atoms with Crippen molar-refractivity contribution in [3.8, 4) is 0 Å². The van der Waals surface area contributed by atoms with Gasteiger partial charge in [0.25, 0.3) is 5.91 Å². The van der Waals surface area contributed by atoms with E-state index < -0.39 is 32.8 Å². The van der Waals surface area contributed by atoms with E-state index in [0.29, 0.717) is 5.56 Å². The van der Waals surface area contributed by atoms with Crippen LogP contribution >= 0.6 is 45.2 Å². The molecule has 0 heterocycles. The molecule has 2 aromatic rings. The number of nitrogens with zero attached hydrogens (tertiary/aromatic N) is 1. The predicted octanol–water partition coefficient (Wildman–Crippen LogP) is 4.45. The van der Waals surface area contributed by atoms with Gasteiger partial charge in [-0.2, -0.15) is 0 Å². The maximum atomic E-state index is 12.0. The molecule has 2 N–H and O–H groups in total. The van der Waals surface area contributed by atoms with Crippen molar-refractivity contribution in [3.05, 3.63) is 66.8 Å². The molecule has 7 heteroatoms. The van der Waals surface area contributed by atoms with E-state index in [1.54, 1.807) is 30.3 Å². The lowest BCUT2D eigenvalue weighted by atomic mass is 10.2. The van der Waals surface area contributed by atoms with Crippen LogP contribution in [0.3, 0.4) is 0 Å². The molecule has 0 atom stereocenters. The van der Waals surface area contributed by atoms with E-state index in [9.17, 15) is 9.59 Å². The van der Waals surface area contributed by atoms with Crippen LogP contribution in [0.25, 0.3) is 0 Å². The fourth-order valence-electron chi connectivity index (χ4n) is 1.37. The van der Waals surface area contributed by atoms with Gasteiger partial charge in [0.1, 0.15) is 0 Å². The molecule has 0 aromatic heterocycles. The number of halogens is 2. The van der Waals surface area contributed by atoms with Crippen molar-refractivity contribution >= 4 is 57.1 Å². The Morgan fingerprint density at radius 1 is 1.04 bits per heavy atom. The molecule has 0 saturated heterocycles. The molecular weight excluding hydrogens is 558 g/mol. The largest absolute Gasteiger partial charge is 0.478 e. The van der Waals surface area contributed by atoms with Crippen molar-refractivity contribution in [1.82, 2.24) is 10.2 Å². The zero-order chi connectivity index (χ0) is 26.9. The fourth-order valence-corrected chi connectivity index (χ4v) is 2.46. The molecule has 0 saturated carbocycles. The van der Waals surface area contributed by atoms with E-state index in [1.807, 2.05) is 28.7 Å². The molecule has 0 aliphatic heterocycles. The van der Waals surface area contributed by atoms with Crippen LogP contribution in [0.1, 0.15) is 40.5 Å². The number of hydrogen-bond donors (Lipinski definition) is 2. The molecule has 0 bridgehead atoms. The summed E-state index contributed by atoms with van der Waals surface area (Å²) >= 11 is 4.03. The molecule has 0 aliphatic rings. The number of benzene rings is 2. The Morgan fingerprint density at radius 3 is 1.85 bits per heavy atom. The van der Waals surface area contributed by atoms with Gasteiger partial charge >= 0.3 is 5.97 Å². The van der Waals surface area contributed by atoms with Crippen molar-refractivity contribution in [2.75, 3.05) is 28.0 Å². The quantitative estimate of drug-likeness (QED) is 0.506. The number of nitrogens with one attached hydrogen (secondary N) is 1. The first-order chi connectivity index (χ1) is 15.3. The molecule has 2 aromatic carbocycles. The van der Waals surface area contributed by atoms with Crippen LogP contribution < -0.4 is 5.32 Å². The third kappa shape index (κ3) is 11.4. The summed E-state index contributed by atoms with van der Waals surface area (Å²) < 4.78 is 63.8. The minimum absolute atomic E-state index is 0. The van der Waals surface area contributed by atoms with Crippen LogP contribution in [-0.4, -0.2) is 49.9 Å². The van der Waals surface area contributed by atoms with E-state index in [2.05, 4.69) is 27.9 Å². The number of carboxylic acid groups (broad SMARTS) is 1. The summed E-state index contributed by atoms with van der Waals surface area (Å²) in [5.41, 5.74) is 0.376. The van der Waals surface area contributed by atoms with Crippen LogP contribution in [0.2, 0.25) is 0 Å². The molecule has 0 aliphatic carbocycles. The zero-order valence-corrected chi connectivity index (χ0v) is 17.4. The van der Waals surface area contributed by atoms with Crippen molar-refractivity contribution in [2.24, 2.45) is 0 Å². The molecule has 0 radical (unpaired) electrons. The molecule has 5 nitrogen and oxygen atoms in total. The monoisotopic (exact) mass is 593 g/mol. The van der Waals surface area contributed by atoms with Gasteiger partial charge in [-0.1, -0.05) is 19.6 Å². The van der Waals surface area contributed by atoms with Gasteiger partial charge in [-0.15, -0.1) is 0 Å². The van der Waals surface area contributed by atoms with Gasteiger partial charge in [0.15, 0.2) is 0 Å². The highest BCUT2D eigenvalue weighted by molar-refractivity contribution is 14.1. The standard InChI is InChI=1S/C9H10INO.C7H5IO2.C2H7N.CH4/c1-11(2)9(12)7-4-3-5-8(10)6-7;8-6-3-1-2-5(4-6)7(9)10;1-3-2;/h3-6H,1-2H3;1-4H,(H,9,10);3H,1-2H3;1H4/i1D3,2D3;;1D3;. The number of carboxylic acids is 1. The smallest absolute Gasteiger partial charge is 0.335 e. The second-order valence-electron chi connectivity index (χ2n) is 4.22. The van der Waals surface area contributed by atoms with Gasteiger partial charge in [-0.3, -0.25) is 4.79 Å². The first kappa shape index (κ1) is 13.9. The average molecular weight is 593 g/mol. The van der Waals surface area contributed by atoms with Crippen LogP contribution in [0, 0.1) is 7.14 Å². The number of carbonyl (C=O) groups excluding carboxylic acids is 1. The summed E-state index contributed by atoms with van der Waals surface area (Å²) in [6.07, 6.45) is 0. The highest BCUT2D eigenvalue weighted by Crippen LogP contribution is 2.09. The second kappa shape index (κ2) is 14.9. The lowest BCUT2D eigenvalue weighted by Gasteiger charge is -2.09. The van der Waals surface area contributed by atoms with E-state index in [0.717, 1.165) is 7.14 Å². The number of hydrogen-bond acceptors (Lipinski definition) is 3. The molecule has 144 valence electrons. The Labute approximate surface area is 196 Å². The van der Waals surface area contributed by atoms with Crippen LogP contribution in [0.5, 0.6) is 0 Å². The molecule has 1 amide bonds. The average Bonchev–Trinajstić information content (AvgIpc) is 2.66. The predicted molar refractivity (Wildman–Crippen MR) is 125 cm³/mol. The van der Waals surface area contributed by atoms with E-state index in [4.69, 9.17) is 17.4 Å². The number of aromatic carboxylic acids is 1. The first-order valence-corrected chi connectivity index (χ1v) is 8.73. The molecule has 2 rings (SSSR count). The SMILES string of the molecule is C.O=C(O)c1cccc(I)c1.[2H]C([2H])([2H])N(C(=O)c1cccc(I)c1)C([2H])([2H])[2H].[2H]C([2H])([2H])NC. The Hall–Kier alpha value is -1.20. The van der Waals surface area contributed by atoms with Crippen LogP contribution in [-0.2, 0) is 0 Å². The molecule has 26 heavy (non-hydrogen) atoms. The van der Waals surface area contributed by atoms with E-state index in [1.165, 1.54) is 19.2 Å². The topological polar surface area (TPSA) is 69.6 Å². The van der Waals surface area contributed by atoms with Gasteiger partial charge in [0.05, 0.1) is 5.56 Å². The Bertz CT molecular complexity index is 952. The summed E-state index contributed by atoms with van der Waals surface area (Å²) in [6.45, 7) is -7.98. The first-order valence-electron chi connectivity index (χ1n) is 11.1. The normalized spacial score (nSPS) is 15.3. The van der Waals surface area contributed by atoms with E-state index in [-0.39, 0.29) is 17.9 Å². The lowest BCUT2D eigenvalue weighted by Crippen LogP contribution is -2.21. The van der Waals surface area contributed by atoms with Gasteiger partial charge in [-0.05, 0) is 95.6 Å². The number of rotatable bonds is 2. The zero-order valence-electron chi connectivity index (χ0n) is 22.1. The fraction of sp³-hybridized carbons (Fsp3) is 0.263. The van der Waals surface area contributed by atoms with Crippen LogP contribution in [0.4, 0.5) is 0 Å². The van der Waals surface area contributed by atoms with Crippen molar-refractivity contribution in [1.29, 1.82) is 0 Å². The van der Waals surface area contributed by atoms with Gasteiger partial charge < -0.3 is 15.3 Å². The van der Waals surface area contributed by atoms with Crippen molar-refractivity contribution in [3.63, 3.8) is 0 Å². The highest BCUT2D eigenvalue weighted by atomic mass is 127. The molecular formula is C19H26I2N2O3. The Balaban J connectivity index is 0. The maximum Gasteiger partial charge on any atom is 0.335 e. The van der Waals surface area contributed by atoms with Gasteiger partial charge in [0, 0.05) is 39.0 Å². The summed E-state index contributed by atoms with van der Waals surface area (Å²) in [7, 11) is 1.40. The molecule has 0 spiro atoms. The Morgan fingerprint density at radius 2 is 1.50 bits per heavy atom. The van der Waals surface area contributed by atoms with Crippen molar-refractivity contribution < 1.29 is 27.0 Å².